The van der Waals surface area contributed by atoms with Crippen LogP contribution in [0.3, 0.4) is 0 Å². The van der Waals surface area contributed by atoms with E-state index in [4.69, 9.17) is 0 Å². The lowest BCUT2D eigenvalue weighted by atomic mass is 10.2. The van der Waals surface area contributed by atoms with Crippen molar-refractivity contribution in [2.45, 2.75) is 32.7 Å². The monoisotopic (exact) mass is 234 g/mol. The van der Waals surface area contributed by atoms with Gasteiger partial charge in [0, 0.05) is 32.4 Å². The number of pyridine rings is 1. The molecular formula is C14H22N2O. The smallest absolute Gasteiger partial charge is 0.250 e. The fraction of sp³-hybridized carbons (Fsp3) is 0.643. The van der Waals surface area contributed by atoms with Crippen molar-refractivity contribution in [1.82, 2.24) is 9.47 Å². The molecule has 0 N–H and O–H groups in total. The van der Waals surface area contributed by atoms with Gasteiger partial charge in [0.15, 0.2) is 0 Å². The highest BCUT2D eigenvalue weighted by Crippen LogP contribution is 2.30. The Kier molecular flexibility index (Phi) is 4.00. The molecule has 0 saturated heterocycles. The van der Waals surface area contributed by atoms with Gasteiger partial charge in [-0.05, 0) is 37.3 Å². The third kappa shape index (κ3) is 3.70. The first-order valence-corrected chi connectivity index (χ1v) is 6.57. The molecule has 0 unspecified atom stereocenters. The van der Waals surface area contributed by atoms with E-state index in [1.807, 2.05) is 19.3 Å². The fourth-order valence-electron chi connectivity index (χ4n) is 2.22. The van der Waals surface area contributed by atoms with E-state index in [1.165, 1.54) is 31.4 Å². The third-order valence-electron chi connectivity index (χ3n) is 3.31. The summed E-state index contributed by atoms with van der Waals surface area (Å²) >= 11 is 0. The van der Waals surface area contributed by atoms with E-state index in [0.717, 1.165) is 19.0 Å². The van der Waals surface area contributed by atoms with E-state index >= 15 is 0 Å². The first kappa shape index (κ1) is 12.4. The molecule has 1 aliphatic rings. The Bertz CT molecular complexity index is 420. The topological polar surface area (TPSA) is 25.2 Å². The summed E-state index contributed by atoms with van der Waals surface area (Å²) in [5, 5.41) is 0. The molecule has 0 bridgehead atoms. The van der Waals surface area contributed by atoms with Crippen LogP contribution >= 0.6 is 0 Å². The summed E-state index contributed by atoms with van der Waals surface area (Å²) in [5.74, 6) is 0.925. The van der Waals surface area contributed by atoms with E-state index in [2.05, 4.69) is 11.8 Å². The maximum Gasteiger partial charge on any atom is 0.250 e. The molecule has 1 fully saturated rings. The van der Waals surface area contributed by atoms with Crippen LogP contribution in [0.25, 0.3) is 0 Å². The predicted octanol–water partition coefficient (Wildman–Crippen LogP) is 2.01. The molecule has 94 valence electrons. The summed E-state index contributed by atoms with van der Waals surface area (Å²) in [7, 11) is 1.82. The first-order chi connectivity index (χ1) is 8.19. The lowest BCUT2D eigenvalue weighted by Crippen LogP contribution is -2.27. The van der Waals surface area contributed by atoms with E-state index in [-0.39, 0.29) is 5.56 Å². The lowest BCUT2D eigenvalue weighted by Gasteiger charge is -2.21. The highest BCUT2D eigenvalue weighted by molar-refractivity contribution is 5.09. The third-order valence-corrected chi connectivity index (χ3v) is 3.31. The Morgan fingerprint density at radius 3 is 2.76 bits per heavy atom. The minimum Gasteiger partial charge on any atom is -0.318 e. The zero-order chi connectivity index (χ0) is 12.3. The zero-order valence-electron chi connectivity index (χ0n) is 10.9. The van der Waals surface area contributed by atoms with Gasteiger partial charge in [-0.15, -0.1) is 0 Å². The second-order valence-corrected chi connectivity index (χ2v) is 5.16. The largest absolute Gasteiger partial charge is 0.318 e. The molecular weight excluding hydrogens is 212 g/mol. The number of rotatable bonds is 6. The minimum absolute atomic E-state index is 0.0676. The summed E-state index contributed by atoms with van der Waals surface area (Å²) in [6.45, 7) is 5.56. The Hall–Kier alpha value is -1.09. The van der Waals surface area contributed by atoms with Gasteiger partial charge in [0.05, 0.1) is 0 Å². The van der Waals surface area contributed by atoms with Crippen molar-refractivity contribution in [2.75, 3.05) is 13.1 Å². The van der Waals surface area contributed by atoms with Crippen LogP contribution < -0.4 is 5.56 Å². The van der Waals surface area contributed by atoms with Gasteiger partial charge in [0.1, 0.15) is 0 Å². The molecule has 1 aromatic rings. The van der Waals surface area contributed by atoms with E-state index in [9.17, 15) is 4.79 Å². The van der Waals surface area contributed by atoms with Crippen LogP contribution in [0.1, 0.15) is 31.7 Å². The van der Waals surface area contributed by atoms with Gasteiger partial charge in [-0.1, -0.05) is 13.0 Å². The second kappa shape index (κ2) is 5.50. The molecule has 3 nitrogen and oxygen atoms in total. The number of aromatic nitrogens is 1. The van der Waals surface area contributed by atoms with Crippen molar-refractivity contribution in [3.05, 3.63) is 34.2 Å². The summed E-state index contributed by atoms with van der Waals surface area (Å²) in [6, 6.07) is 3.62. The molecule has 1 saturated carbocycles. The Balaban J connectivity index is 1.99. The Labute approximate surface area is 103 Å². The Morgan fingerprint density at radius 2 is 2.18 bits per heavy atom. The van der Waals surface area contributed by atoms with Crippen LogP contribution in [0.4, 0.5) is 0 Å². The summed E-state index contributed by atoms with van der Waals surface area (Å²) in [4.78, 5) is 13.8. The molecule has 0 spiro atoms. The maximum absolute atomic E-state index is 11.3. The number of hydrogen-bond acceptors (Lipinski definition) is 2. The van der Waals surface area contributed by atoms with Crippen LogP contribution in [0.15, 0.2) is 23.1 Å². The van der Waals surface area contributed by atoms with Crippen molar-refractivity contribution in [3.63, 3.8) is 0 Å². The Morgan fingerprint density at radius 1 is 1.41 bits per heavy atom. The number of hydrogen-bond donors (Lipinski definition) is 0. The molecule has 3 heteroatoms. The SMILES string of the molecule is CCCN(Cc1ccc(=O)n(C)c1)CC1CC1. The van der Waals surface area contributed by atoms with Gasteiger partial charge in [0.2, 0.25) is 5.56 Å². The van der Waals surface area contributed by atoms with Gasteiger partial charge >= 0.3 is 0 Å². The van der Waals surface area contributed by atoms with Crippen molar-refractivity contribution in [1.29, 1.82) is 0 Å². The predicted molar refractivity (Wildman–Crippen MR) is 70.0 cm³/mol. The molecule has 0 amide bonds. The molecule has 0 radical (unpaired) electrons. The van der Waals surface area contributed by atoms with Crippen LogP contribution in [0, 0.1) is 5.92 Å². The number of aryl methyl sites for hydroxylation is 1. The molecule has 1 heterocycles. The highest BCUT2D eigenvalue weighted by atomic mass is 16.1. The van der Waals surface area contributed by atoms with Gasteiger partial charge in [0.25, 0.3) is 0 Å². The molecule has 0 atom stereocenters. The van der Waals surface area contributed by atoms with Crippen molar-refractivity contribution in [3.8, 4) is 0 Å². The fourth-order valence-corrected chi connectivity index (χ4v) is 2.22. The maximum atomic E-state index is 11.3. The molecule has 17 heavy (non-hydrogen) atoms. The highest BCUT2D eigenvalue weighted by Gasteiger charge is 2.23. The zero-order valence-corrected chi connectivity index (χ0v) is 10.9. The molecule has 0 aliphatic heterocycles. The van der Waals surface area contributed by atoms with Crippen LogP contribution in [0.2, 0.25) is 0 Å². The summed E-state index contributed by atoms with van der Waals surface area (Å²) in [5.41, 5.74) is 1.30. The minimum atomic E-state index is 0.0676. The van der Waals surface area contributed by atoms with Gasteiger partial charge in [-0.25, -0.2) is 0 Å². The van der Waals surface area contributed by atoms with Crippen molar-refractivity contribution >= 4 is 0 Å². The average Bonchev–Trinajstić information content (AvgIpc) is 3.08. The van der Waals surface area contributed by atoms with Crippen molar-refractivity contribution in [2.24, 2.45) is 13.0 Å². The van der Waals surface area contributed by atoms with E-state index in [1.54, 1.807) is 10.6 Å². The van der Waals surface area contributed by atoms with Gasteiger partial charge in [-0.3, -0.25) is 9.69 Å². The molecule has 1 aromatic heterocycles. The van der Waals surface area contributed by atoms with Crippen LogP contribution in [-0.2, 0) is 13.6 Å². The quantitative estimate of drug-likeness (QED) is 0.752. The second-order valence-electron chi connectivity index (χ2n) is 5.16. The summed E-state index contributed by atoms with van der Waals surface area (Å²) in [6.07, 6.45) is 5.94. The van der Waals surface area contributed by atoms with Gasteiger partial charge < -0.3 is 4.57 Å². The molecule has 1 aliphatic carbocycles. The summed E-state index contributed by atoms with van der Waals surface area (Å²) < 4.78 is 1.66. The standard InChI is InChI=1S/C14H22N2O/c1-3-8-16(10-12-4-5-12)11-13-6-7-14(17)15(2)9-13/h6-7,9,12H,3-5,8,10-11H2,1-2H3. The van der Waals surface area contributed by atoms with Gasteiger partial charge in [-0.2, -0.15) is 0 Å². The average molecular weight is 234 g/mol. The van der Waals surface area contributed by atoms with Crippen molar-refractivity contribution < 1.29 is 0 Å². The van der Waals surface area contributed by atoms with Crippen LogP contribution in [-0.4, -0.2) is 22.6 Å². The normalized spacial score (nSPS) is 15.5. The van der Waals surface area contributed by atoms with E-state index < -0.39 is 0 Å². The molecule has 2 rings (SSSR count). The molecule has 0 aromatic carbocycles. The van der Waals surface area contributed by atoms with Crippen LogP contribution in [0.5, 0.6) is 0 Å². The lowest BCUT2D eigenvalue weighted by molar-refractivity contribution is 0.254. The van der Waals surface area contributed by atoms with E-state index in [0.29, 0.717) is 0 Å². The number of nitrogens with zero attached hydrogens (tertiary/aromatic N) is 2. The first-order valence-electron chi connectivity index (χ1n) is 6.57.